The highest BCUT2D eigenvalue weighted by Gasteiger charge is 2.47. The molecule has 0 amide bonds. The smallest absolute Gasteiger partial charge is 0.342 e. The third kappa shape index (κ3) is 4.17. The number of aliphatic carboxylic acids is 2. The molecule has 0 saturated carbocycles. The van der Waals surface area contributed by atoms with Crippen LogP contribution in [0.3, 0.4) is 0 Å². The van der Waals surface area contributed by atoms with Crippen LogP contribution < -0.4 is 0 Å². The Bertz CT molecular complexity index is 395. The molecule has 0 radical (unpaired) electrons. The van der Waals surface area contributed by atoms with E-state index in [4.69, 9.17) is 26.4 Å². The molecule has 0 saturated heterocycles. The lowest BCUT2D eigenvalue weighted by Gasteiger charge is -2.27. The van der Waals surface area contributed by atoms with E-state index in [0.29, 0.717) is 0 Å². The van der Waals surface area contributed by atoms with Gasteiger partial charge in [0.25, 0.3) is 0 Å². The van der Waals surface area contributed by atoms with Crippen molar-refractivity contribution in [1.82, 2.24) is 4.90 Å². The Balaban J connectivity index is 5.43. The first-order valence-corrected chi connectivity index (χ1v) is 5.95. The number of rotatable bonds is 6. The molecular weight excluding hydrogens is 253 g/mol. The van der Waals surface area contributed by atoms with Crippen molar-refractivity contribution in [2.24, 2.45) is 0 Å². The van der Waals surface area contributed by atoms with E-state index in [-0.39, 0.29) is 6.54 Å². The molecule has 17 heavy (non-hydrogen) atoms. The quantitative estimate of drug-likeness (QED) is 0.341. The van der Waals surface area contributed by atoms with E-state index in [2.05, 4.69) is 5.92 Å². The molecule has 96 valence electrons. The lowest BCUT2D eigenvalue weighted by molar-refractivity contribution is -0.149. The van der Waals surface area contributed by atoms with Crippen LogP contribution in [0.1, 0.15) is 0 Å². The SMILES string of the molecule is C#CCN(C)C(C(=O)O)C(C(=O)O)P(=O)(O)O. The number of nitrogens with zero attached hydrogens (tertiary/aromatic N) is 1. The average molecular weight is 265 g/mol. The molecule has 2 atom stereocenters. The van der Waals surface area contributed by atoms with E-state index in [1.165, 1.54) is 7.05 Å². The monoisotopic (exact) mass is 265 g/mol. The van der Waals surface area contributed by atoms with Crippen molar-refractivity contribution in [3.05, 3.63) is 0 Å². The number of carboxylic acids is 2. The van der Waals surface area contributed by atoms with E-state index in [1.54, 1.807) is 0 Å². The van der Waals surface area contributed by atoms with Gasteiger partial charge < -0.3 is 20.0 Å². The van der Waals surface area contributed by atoms with Gasteiger partial charge >= 0.3 is 19.5 Å². The number of carbonyl (C=O) groups is 2. The molecule has 0 aromatic rings. The Morgan fingerprint density at radius 3 is 2.06 bits per heavy atom. The maximum absolute atomic E-state index is 11.0. The number of hydrogen-bond acceptors (Lipinski definition) is 4. The van der Waals surface area contributed by atoms with Gasteiger partial charge in [-0.3, -0.25) is 19.1 Å². The Morgan fingerprint density at radius 1 is 1.35 bits per heavy atom. The third-order valence-electron chi connectivity index (χ3n) is 1.98. The molecule has 0 spiro atoms. The van der Waals surface area contributed by atoms with Crippen LogP contribution >= 0.6 is 7.60 Å². The molecule has 0 rings (SSSR count). The number of carboxylic acid groups (broad SMARTS) is 2. The first-order chi connectivity index (χ1) is 7.62. The summed E-state index contributed by atoms with van der Waals surface area (Å²) in [6.45, 7) is -0.249. The standard InChI is InChI=1S/C8H12NO7P/c1-3-4-9(2)5(7(10)11)6(8(12)13)17(14,15)16/h1,5-6H,4H2,2H3,(H,10,11)(H,12,13)(H2,14,15,16). The highest BCUT2D eigenvalue weighted by Crippen LogP contribution is 2.44. The van der Waals surface area contributed by atoms with Crippen LogP contribution in [0.4, 0.5) is 0 Å². The maximum atomic E-state index is 11.0. The highest BCUT2D eigenvalue weighted by atomic mass is 31.2. The van der Waals surface area contributed by atoms with Crippen LogP contribution in [0, 0.1) is 12.3 Å². The molecule has 0 aliphatic carbocycles. The van der Waals surface area contributed by atoms with Crippen molar-refractivity contribution in [3.63, 3.8) is 0 Å². The summed E-state index contributed by atoms with van der Waals surface area (Å²) < 4.78 is 11.0. The summed E-state index contributed by atoms with van der Waals surface area (Å²) in [6, 6.07) is -1.90. The zero-order valence-corrected chi connectivity index (χ0v) is 9.74. The van der Waals surface area contributed by atoms with Crippen molar-refractivity contribution in [2.45, 2.75) is 11.7 Å². The first kappa shape index (κ1) is 15.6. The molecule has 0 bridgehead atoms. The summed E-state index contributed by atoms with van der Waals surface area (Å²) >= 11 is 0. The molecule has 0 aromatic heterocycles. The van der Waals surface area contributed by atoms with Crippen LogP contribution in [-0.2, 0) is 14.2 Å². The molecule has 0 heterocycles. The highest BCUT2D eigenvalue weighted by molar-refractivity contribution is 7.53. The molecule has 0 aliphatic heterocycles. The van der Waals surface area contributed by atoms with E-state index in [0.717, 1.165) is 4.90 Å². The molecule has 0 fully saturated rings. The number of hydrogen-bond donors (Lipinski definition) is 4. The summed E-state index contributed by atoms with van der Waals surface area (Å²) in [4.78, 5) is 40.3. The van der Waals surface area contributed by atoms with Crippen LogP contribution in [-0.4, -0.2) is 62.1 Å². The fourth-order valence-electron chi connectivity index (χ4n) is 1.27. The van der Waals surface area contributed by atoms with E-state index in [9.17, 15) is 14.2 Å². The fraction of sp³-hybridized carbons (Fsp3) is 0.500. The minimum atomic E-state index is -5.11. The summed E-state index contributed by atoms with van der Waals surface area (Å²) in [5.74, 6) is -1.50. The first-order valence-electron chi connectivity index (χ1n) is 4.27. The summed E-state index contributed by atoms with van der Waals surface area (Å²) in [5.41, 5.74) is -2.36. The minimum Gasteiger partial charge on any atom is -0.480 e. The van der Waals surface area contributed by atoms with Gasteiger partial charge in [0.15, 0.2) is 5.66 Å². The average Bonchev–Trinajstić information content (AvgIpc) is 2.10. The van der Waals surface area contributed by atoms with Gasteiger partial charge in [0.1, 0.15) is 6.04 Å². The van der Waals surface area contributed by atoms with Crippen LogP contribution in [0.15, 0.2) is 0 Å². The molecule has 9 heteroatoms. The Kier molecular flexibility index (Phi) is 5.32. The molecule has 4 N–H and O–H groups in total. The second-order valence-corrected chi connectivity index (χ2v) is 5.01. The normalized spacial score (nSPS) is 15.0. The molecule has 8 nitrogen and oxygen atoms in total. The zero-order valence-electron chi connectivity index (χ0n) is 8.85. The molecule has 2 unspecified atom stereocenters. The lowest BCUT2D eigenvalue weighted by atomic mass is 10.2. The Labute approximate surface area is 97.0 Å². The fourth-order valence-corrected chi connectivity index (χ4v) is 2.28. The molecular formula is C8H12NO7P. The second kappa shape index (κ2) is 5.80. The van der Waals surface area contributed by atoms with Crippen LogP contribution in [0.25, 0.3) is 0 Å². The van der Waals surface area contributed by atoms with Gasteiger partial charge in [-0.2, -0.15) is 0 Å². The van der Waals surface area contributed by atoms with E-state index < -0.39 is 31.2 Å². The minimum absolute atomic E-state index is 0.249. The largest absolute Gasteiger partial charge is 0.480 e. The van der Waals surface area contributed by atoms with E-state index in [1.807, 2.05) is 0 Å². The second-order valence-electron chi connectivity index (χ2n) is 3.27. The summed E-state index contributed by atoms with van der Waals surface area (Å²) in [5, 5.41) is 17.5. The summed E-state index contributed by atoms with van der Waals surface area (Å²) in [6.07, 6.45) is 4.93. The van der Waals surface area contributed by atoms with Crippen LogP contribution in [0.5, 0.6) is 0 Å². The van der Waals surface area contributed by atoms with E-state index >= 15 is 0 Å². The van der Waals surface area contributed by atoms with Crippen molar-refractivity contribution in [1.29, 1.82) is 0 Å². The van der Waals surface area contributed by atoms with Gasteiger partial charge in [-0.15, -0.1) is 6.42 Å². The third-order valence-corrected chi connectivity index (χ3v) is 3.21. The van der Waals surface area contributed by atoms with Crippen molar-refractivity contribution in [2.75, 3.05) is 13.6 Å². The van der Waals surface area contributed by atoms with Gasteiger partial charge in [0.2, 0.25) is 0 Å². The molecule has 0 aromatic carbocycles. The van der Waals surface area contributed by atoms with Crippen molar-refractivity contribution >= 4 is 19.5 Å². The predicted molar refractivity (Wildman–Crippen MR) is 56.4 cm³/mol. The topological polar surface area (TPSA) is 135 Å². The lowest BCUT2D eigenvalue weighted by Crippen LogP contribution is -2.50. The molecule has 0 aliphatic rings. The predicted octanol–water partition coefficient (Wildman–Crippen LogP) is -1.36. The Morgan fingerprint density at radius 2 is 1.82 bits per heavy atom. The van der Waals surface area contributed by atoms with Gasteiger partial charge in [-0.25, -0.2) is 0 Å². The number of likely N-dealkylation sites (N-methyl/N-ethyl adjacent to an activating group) is 1. The number of terminal acetylenes is 1. The maximum Gasteiger partial charge on any atom is 0.342 e. The zero-order chi connectivity index (χ0) is 13.8. The van der Waals surface area contributed by atoms with Crippen molar-refractivity contribution < 1.29 is 34.2 Å². The Hall–Kier alpha value is -1.39. The van der Waals surface area contributed by atoms with Gasteiger partial charge in [-0.05, 0) is 7.05 Å². The van der Waals surface area contributed by atoms with Crippen LogP contribution in [0.2, 0.25) is 0 Å². The van der Waals surface area contributed by atoms with Gasteiger partial charge in [0, 0.05) is 0 Å². The van der Waals surface area contributed by atoms with Gasteiger partial charge in [-0.1, -0.05) is 5.92 Å². The van der Waals surface area contributed by atoms with Gasteiger partial charge in [0.05, 0.1) is 6.54 Å². The summed E-state index contributed by atoms with van der Waals surface area (Å²) in [7, 11) is -3.94. The van der Waals surface area contributed by atoms with Crippen molar-refractivity contribution in [3.8, 4) is 12.3 Å².